The van der Waals surface area contributed by atoms with Crippen molar-refractivity contribution in [2.75, 3.05) is 13.7 Å². The maximum Gasteiger partial charge on any atom is 0.144 e. The predicted octanol–water partition coefficient (Wildman–Crippen LogP) is 2.75. The van der Waals surface area contributed by atoms with Gasteiger partial charge in [0.15, 0.2) is 0 Å². The Hall–Kier alpha value is -0.890. The maximum absolute atomic E-state index is 11.9. The summed E-state index contributed by atoms with van der Waals surface area (Å²) in [7, 11) is 1.69. The van der Waals surface area contributed by atoms with E-state index < -0.39 is 0 Å². The molecule has 0 spiro atoms. The Morgan fingerprint density at radius 1 is 1.53 bits per heavy atom. The summed E-state index contributed by atoms with van der Waals surface area (Å²) in [6.45, 7) is 4.85. The van der Waals surface area contributed by atoms with E-state index in [-0.39, 0.29) is 5.92 Å². The zero-order valence-electron chi connectivity index (χ0n) is 9.82. The molecule has 15 heavy (non-hydrogen) atoms. The molecule has 0 N–H and O–H groups in total. The van der Waals surface area contributed by atoms with E-state index in [1.807, 2.05) is 18.2 Å². The fourth-order valence-electron chi connectivity index (χ4n) is 1.82. The standard InChI is InChI=1S/C13H20O2/c1-10(2)9-13(14)12-6-4-5-11(12)7-8-15-3/h4-6,10,12H,7-9H2,1-3H3. The minimum Gasteiger partial charge on any atom is -0.384 e. The van der Waals surface area contributed by atoms with E-state index in [9.17, 15) is 4.79 Å². The molecule has 0 amide bonds. The lowest BCUT2D eigenvalue weighted by Crippen LogP contribution is -2.16. The van der Waals surface area contributed by atoms with Gasteiger partial charge in [-0.3, -0.25) is 4.79 Å². The third-order valence-corrected chi connectivity index (χ3v) is 2.56. The summed E-state index contributed by atoms with van der Waals surface area (Å²) < 4.78 is 5.03. The Balaban J connectivity index is 2.50. The van der Waals surface area contributed by atoms with Gasteiger partial charge in [0, 0.05) is 20.1 Å². The minimum atomic E-state index is 0.0162. The molecule has 0 aromatic heterocycles. The van der Waals surface area contributed by atoms with Crippen LogP contribution in [0.15, 0.2) is 23.8 Å². The van der Waals surface area contributed by atoms with Crippen molar-refractivity contribution in [3.05, 3.63) is 23.8 Å². The second kappa shape index (κ2) is 5.86. The summed E-state index contributed by atoms with van der Waals surface area (Å²) in [6.07, 6.45) is 7.54. The monoisotopic (exact) mass is 208 g/mol. The Kier molecular flexibility index (Phi) is 4.76. The SMILES string of the molecule is COCCC1=CC=CC1C(=O)CC(C)C. The smallest absolute Gasteiger partial charge is 0.144 e. The first-order chi connectivity index (χ1) is 7.15. The first-order valence-corrected chi connectivity index (χ1v) is 5.54. The molecule has 0 aliphatic heterocycles. The number of carbonyl (C=O) groups excluding carboxylic acids is 1. The molecule has 0 heterocycles. The number of rotatable bonds is 6. The molecule has 1 aliphatic carbocycles. The number of Topliss-reactive ketones (excluding diaryl/α,β-unsaturated/α-hetero) is 1. The highest BCUT2D eigenvalue weighted by atomic mass is 16.5. The average Bonchev–Trinajstić information content (AvgIpc) is 2.61. The van der Waals surface area contributed by atoms with Crippen LogP contribution >= 0.6 is 0 Å². The molecule has 0 radical (unpaired) electrons. The van der Waals surface area contributed by atoms with E-state index in [1.165, 1.54) is 5.57 Å². The van der Waals surface area contributed by atoms with Crippen molar-refractivity contribution in [3.8, 4) is 0 Å². The summed E-state index contributed by atoms with van der Waals surface area (Å²) in [5, 5.41) is 0. The van der Waals surface area contributed by atoms with Crippen molar-refractivity contribution in [1.29, 1.82) is 0 Å². The van der Waals surface area contributed by atoms with Gasteiger partial charge in [0.1, 0.15) is 5.78 Å². The highest BCUT2D eigenvalue weighted by molar-refractivity contribution is 5.86. The summed E-state index contributed by atoms with van der Waals surface area (Å²) in [5.41, 5.74) is 1.20. The van der Waals surface area contributed by atoms with E-state index in [4.69, 9.17) is 4.74 Å². The highest BCUT2D eigenvalue weighted by Crippen LogP contribution is 2.25. The molecule has 0 aromatic rings. The van der Waals surface area contributed by atoms with Gasteiger partial charge in [-0.05, 0) is 12.3 Å². The van der Waals surface area contributed by atoms with Gasteiger partial charge in [-0.25, -0.2) is 0 Å². The number of ether oxygens (including phenoxy) is 1. The van der Waals surface area contributed by atoms with Gasteiger partial charge in [0.2, 0.25) is 0 Å². The number of allylic oxidation sites excluding steroid dienone is 3. The van der Waals surface area contributed by atoms with Crippen molar-refractivity contribution in [2.45, 2.75) is 26.7 Å². The van der Waals surface area contributed by atoms with Gasteiger partial charge in [-0.2, -0.15) is 0 Å². The van der Waals surface area contributed by atoms with Crippen LogP contribution in [0.25, 0.3) is 0 Å². The van der Waals surface area contributed by atoms with E-state index in [2.05, 4.69) is 13.8 Å². The van der Waals surface area contributed by atoms with Gasteiger partial charge >= 0.3 is 0 Å². The third-order valence-electron chi connectivity index (χ3n) is 2.56. The van der Waals surface area contributed by atoms with E-state index in [0.717, 1.165) is 6.42 Å². The van der Waals surface area contributed by atoms with Crippen LogP contribution in [0.1, 0.15) is 26.7 Å². The van der Waals surface area contributed by atoms with Crippen LogP contribution in [0, 0.1) is 11.8 Å². The molecule has 2 heteroatoms. The summed E-state index contributed by atoms with van der Waals surface area (Å²) in [5.74, 6) is 0.791. The fourth-order valence-corrected chi connectivity index (χ4v) is 1.82. The molecule has 1 unspecified atom stereocenters. The lowest BCUT2D eigenvalue weighted by Gasteiger charge is -2.13. The van der Waals surface area contributed by atoms with Crippen molar-refractivity contribution in [2.24, 2.45) is 11.8 Å². The number of carbonyl (C=O) groups is 1. The Morgan fingerprint density at radius 3 is 2.87 bits per heavy atom. The molecule has 0 saturated carbocycles. The highest BCUT2D eigenvalue weighted by Gasteiger charge is 2.22. The lowest BCUT2D eigenvalue weighted by atomic mass is 9.91. The molecular weight excluding hydrogens is 188 g/mol. The third kappa shape index (κ3) is 3.63. The fraction of sp³-hybridized carbons (Fsp3) is 0.615. The van der Waals surface area contributed by atoms with Crippen LogP contribution in [-0.4, -0.2) is 19.5 Å². The largest absolute Gasteiger partial charge is 0.384 e. The van der Waals surface area contributed by atoms with Gasteiger partial charge in [-0.15, -0.1) is 0 Å². The summed E-state index contributed by atoms with van der Waals surface area (Å²) >= 11 is 0. The van der Waals surface area contributed by atoms with Crippen molar-refractivity contribution >= 4 is 5.78 Å². The van der Waals surface area contributed by atoms with Crippen LogP contribution in [0.5, 0.6) is 0 Å². The van der Waals surface area contributed by atoms with Crippen molar-refractivity contribution in [3.63, 3.8) is 0 Å². The Morgan fingerprint density at radius 2 is 2.27 bits per heavy atom. The molecule has 0 saturated heterocycles. The maximum atomic E-state index is 11.9. The summed E-state index contributed by atoms with van der Waals surface area (Å²) in [4.78, 5) is 11.9. The number of hydrogen-bond acceptors (Lipinski definition) is 2. The van der Waals surface area contributed by atoms with Gasteiger partial charge in [0.25, 0.3) is 0 Å². The van der Waals surface area contributed by atoms with Crippen LogP contribution < -0.4 is 0 Å². The number of ketones is 1. The zero-order valence-corrected chi connectivity index (χ0v) is 9.82. The second-order valence-corrected chi connectivity index (χ2v) is 4.41. The predicted molar refractivity (Wildman–Crippen MR) is 61.7 cm³/mol. The molecular formula is C13H20O2. The lowest BCUT2D eigenvalue weighted by molar-refractivity contribution is -0.121. The molecule has 0 fully saturated rings. The Bertz CT molecular complexity index is 274. The summed E-state index contributed by atoms with van der Waals surface area (Å²) in [6, 6.07) is 0. The van der Waals surface area contributed by atoms with Crippen molar-refractivity contribution < 1.29 is 9.53 Å². The second-order valence-electron chi connectivity index (χ2n) is 4.41. The first kappa shape index (κ1) is 12.2. The molecule has 2 nitrogen and oxygen atoms in total. The normalized spacial score (nSPS) is 19.7. The van der Waals surface area contributed by atoms with E-state index >= 15 is 0 Å². The van der Waals surface area contributed by atoms with E-state index in [0.29, 0.717) is 24.7 Å². The van der Waals surface area contributed by atoms with Gasteiger partial charge in [-0.1, -0.05) is 37.6 Å². The van der Waals surface area contributed by atoms with Gasteiger partial charge in [0.05, 0.1) is 5.92 Å². The van der Waals surface area contributed by atoms with Crippen LogP contribution in [0.2, 0.25) is 0 Å². The number of hydrogen-bond donors (Lipinski definition) is 0. The van der Waals surface area contributed by atoms with E-state index in [1.54, 1.807) is 7.11 Å². The molecule has 84 valence electrons. The molecule has 1 atom stereocenters. The Labute approximate surface area is 92.0 Å². The van der Waals surface area contributed by atoms with Gasteiger partial charge < -0.3 is 4.74 Å². The molecule has 1 aliphatic rings. The average molecular weight is 208 g/mol. The quantitative estimate of drug-likeness (QED) is 0.671. The zero-order chi connectivity index (χ0) is 11.3. The van der Waals surface area contributed by atoms with Crippen molar-refractivity contribution in [1.82, 2.24) is 0 Å². The first-order valence-electron chi connectivity index (χ1n) is 5.54. The molecule has 0 bridgehead atoms. The molecule has 1 rings (SSSR count). The number of methoxy groups -OCH3 is 1. The molecule has 0 aromatic carbocycles. The topological polar surface area (TPSA) is 26.3 Å². The minimum absolute atomic E-state index is 0.0162. The van der Waals surface area contributed by atoms with Crippen LogP contribution in [0.4, 0.5) is 0 Å². The van der Waals surface area contributed by atoms with Crippen LogP contribution in [-0.2, 0) is 9.53 Å². The van der Waals surface area contributed by atoms with Crippen LogP contribution in [0.3, 0.4) is 0 Å².